The smallest absolute Gasteiger partial charge is 0.406 e. The third-order valence-corrected chi connectivity index (χ3v) is 4.94. The average Bonchev–Trinajstić information content (AvgIpc) is 3.12. The monoisotopic (exact) mass is 401 g/mol. The third-order valence-electron chi connectivity index (χ3n) is 4.94. The average molecular weight is 401 g/mol. The molecule has 4 rings (SSSR count). The molecular weight excluding hydrogens is 383 g/mol. The van der Waals surface area contributed by atoms with Gasteiger partial charge >= 0.3 is 6.36 Å². The molecule has 1 aliphatic rings. The molecule has 2 heterocycles. The molecule has 0 N–H and O–H groups in total. The number of hydrogen-bond donors (Lipinski definition) is 0. The Balaban J connectivity index is 1.59. The molecule has 0 bridgehead atoms. The molecule has 8 heteroatoms. The lowest BCUT2D eigenvalue weighted by Gasteiger charge is -2.34. The molecule has 0 saturated heterocycles. The van der Waals surface area contributed by atoms with E-state index >= 15 is 0 Å². The summed E-state index contributed by atoms with van der Waals surface area (Å²) in [6, 6.07) is 12.9. The van der Waals surface area contributed by atoms with E-state index in [0.717, 1.165) is 28.8 Å². The summed E-state index contributed by atoms with van der Waals surface area (Å²) in [7, 11) is 1.84. The number of nitrogens with zero attached hydrogens (tertiary/aromatic N) is 3. The van der Waals surface area contributed by atoms with Gasteiger partial charge in [0, 0.05) is 37.8 Å². The first-order chi connectivity index (χ1) is 13.8. The number of fused-ring (bicyclic) bond motifs is 1. The lowest BCUT2D eigenvalue weighted by Crippen LogP contribution is -2.38. The van der Waals surface area contributed by atoms with E-state index in [1.54, 1.807) is 15.8 Å². The van der Waals surface area contributed by atoms with Gasteiger partial charge < -0.3 is 9.64 Å². The molecular formula is C21H18F3N3O2. The van der Waals surface area contributed by atoms with Crippen LogP contribution in [0.5, 0.6) is 5.75 Å². The van der Waals surface area contributed by atoms with Crippen LogP contribution in [-0.4, -0.2) is 33.5 Å². The number of hydrogen-bond acceptors (Lipinski definition) is 3. The van der Waals surface area contributed by atoms with Crippen LogP contribution in [0.4, 0.5) is 13.2 Å². The van der Waals surface area contributed by atoms with Crippen LogP contribution in [0.15, 0.2) is 60.9 Å². The summed E-state index contributed by atoms with van der Waals surface area (Å²) in [5, 5.41) is 4.24. The minimum Gasteiger partial charge on any atom is -0.406 e. The topological polar surface area (TPSA) is 47.4 Å². The van der Waals surface area contributed by atoms with E-state index in [2.05, 4.69) is 15.9 Å². The summed E-state index contributed by atoms with van der Waals surface area (Å²) in [6.07, 6.45) is -1.05. The second kappa shape index (κ2) is 7.27. The van der Waals surface area contributed by atoms with Crippen LogP contribution in [0, 0.1) is 0 Å². The number of halogens is 3. The molecule has 2 aromatic carbocycles. The summed E-state index contributed by atoms with van der Waals surface area (Å²) in [5.74, 6) is -0.622. The van der Waals surface area contributed by atoms with Crippen LogP contribution in [0.2, 0.25) is 0 Å². The minimum atomic E-state index is -4.76. The van der Waals surface area contributed by atoms with Crippen LogP contribution in [0.1, 0.15) is 33.0 Å². The Hall–Kier alpha value is -3.29. The molecule has 0 aliphatic carbocycles. The van der Waals surface area contributed by atoms with Crippen molar-refractivity contribution in [3.8, 4) is 5.75 Å². The number of aryl methyl sites for hydroxylation is 1. The number of aromatic nitrogens is 2. The summed E-state index contributed by atoms with van der Waals surface area (Å²) in [4.78, 5) is 14.7. The predicted octanol–water partition coefficient (Wildman–Crippen LogP) is 4.11. The highest BCUT2D eigenvalue weighted by Gasteiger charge is 2.32. The number of carbonyl (C=O) groups excluding carboxylic acids is 1. The van der Waals surface area contributed by atoms with Gasteiger partial charge in [-0.2, -0.15) is 5.10 Å². The first kappa shape index (κ1) is 19.0. The van der Waals surface area contributed by atoms with Crippen LogP contribution in [0.3, 0.4) is 0 Å². The van der Waals surface area contributed by atoms with E-state index < -0.39 is 6.36 Å². The SMILES string of the molecule is Cn1cc(C2CN(C(=O)c3ccc(OC(F)(F)F)cc3)Cc3ccccc32)cn1. The maximum Gasteiger partial charge on any atom is 0.573 e. The van der Waals surface area contributed by atoms with Crippen LogP contribution < -0.4 is 4.74 Å². The van der Waals surface area contributed by atoms with Crippen LogP contribution in [0.25, 0.3) is 0 Å². The predicted molar refractivity (Wildman–Crippen MR) is 99.4 cm³/mol. The maximum atomic E-state index is 13.0. The van der Waals surface area contributed by atoms with Crippen molar-refractivity contribution in [1.82, 2.24) is 14.7 Å². The van der Waals surface area contributed by atoms with E-state index in [-0.39, 0.29) is 17.6 Å². The number of ether oxygens (including phenoxy) is 1. The van der Waals surface area contributed by atoms with Gasteiger partial charge in [-0.05, 0) is 41.0 Å². The van der Waals surface area contributed by atoms with Gasteiger partial charge in [0.25, 0.3) is 5.91 Å². The first-order valence-corrected chi connectivity index (χ1v) is 9.01. The highest BCUT2D eigenvalue weighted by atomic mass is 19.4. The summed E-state index contributed by atoms with van der Waals surface area (Å²) < 4.78 is 42.6. The molecule has 1 unspecified atom stereocenters. The Bertz CT molecular complexity index is 1030. The highest BCUT2D eigenvalue weighted by molar-refractivity contribution is 5.94. The van der Waals surface area contributed by atoms with Gasteiger partial charge in [-0.25, -0.2) is 0 Å². The normalized spacial score (nSPS) is 16.4. The highest BCUT2D eigenvalue weighted by Crippen LogP contribution is 2.34. The lowest BCUT2D eigenvalue weighted by molar-refractivity contribution is -0.274. The molecule has 5 nitrogen and oxygen atoms in total. The molecule has 0 fully saturated rings. The molecule has 150 valence electrons. The first-order valence-electron chi connectivity index (χ1n) is 9.01. The molecule has 0 radical (unpaired) electrons. The second-order valence-electron chi connectivity index (χ2n) is 6.96. The summed E-state index contributed by atoms with van der Waals surface area (Å²) >= 11 is 0. The second-order valence-corrected chi connectivity index (χ2v) is 6.96. The van der Waals surface area contributed by atoms with Gasteiger partial charge in [-0.15, -0.1) is 13.2 Å². The van der Waals surface area contributed by atoms with Crippen molar-refractivity contribution in [1.29, 1.82) is 0 Å². The zero-order valence-electron chi connectivity index (χ0n) is 15.6. The van der Waals surface area contributed by atoms with Gasteiger partial charge in [0.2, 0.25) is 0 Å². The molecule has 1 aromatic heterocycles. The number of alkyl halides is 3. The molecule has 0 saturated carbocycles. The van der Waals surface area contributed by atoms with Gasteiger partial charge in [-0.1, -0.05) is 24.3 Å². The van der Waals surface area contributed by atoms with E-state index in [0.29, 0.717) is 18.7 Å². The lowest BCUT2D eigenvalue weighted by atomic mass is 9.86. The third kappa shape index (κ3) is 4.11. The number of amides is 1. The molecule has 3 aromatic rings. The van der Waals surface area contributed by atoms with E-state index in [1.165, 1.54) is 12.1 Å². The Labute approximate surface area is 165 Å². The minimum absolute atomic E-state index is 0.0227. The Morgan fingerprint density at radius 3 is 2.52 bits per heavy atom. The molecule has 1 atom stereocenters. The number of rotatable bonds is 3. The van der Waals surface area contributed by atoms with Gasteiger partial charge in [-0.3, -0.25) is 9.48 Å². The van der Waals surface area contributed by atoms with Crippen molar-refractivity contribution >= 4 is 5.91 Å². The largest absolute Gasteiger partial charge is 0.573 e. The van der Waals surface area contributed by atoms with Crippen LogP contribution >= 0.6 is 0 Å². The van der Waals surface area contributed by atoms with Gasteiger partial charge in [0.05, 0.1) is 6.20 Å². The van der Waals surface area contributed by atoms with Crippen molar-refractivity contribution in [3.05, 3.63) is 83.2 Å². The fraction of sp³-hybridized carbons (Fsp3) is 0.238. The van der Waals surface area contributed by atoms with Crippen LogP contribution in [-0.2, 0) is 13.6 Å². The molecule has 1 aliphatic heterocycles. The van der Waals surface area contributed by atoms with Crippen molar-refractivity contribution in [2.75, 3.05) is 6.54 Å². The van der Waals surface area contributed by atoms with Crippen molar-refractivity contribution in [2.24, 2.45) is 7.05 Å². The van der Waals surface area contributed by atoms with Gasteiger partial charge in [0.1, 0.15) is 5.75 Å². The van der Waals surface area contributed by atoms with E-state index in [1.807, 2.05) is 31.4 Å². The summed E-state index contributed by atoms with van der Waals surface area (Å²) in [5.41, 5.74) is 3.51. The fourth-order valence-corrected chi connectivity index (χ4v) is 3.65. The Morgan fingerprint density at radius 1 is 1.14 bits per heavy atom. The van der Waals surface area contributed by atoms with Gasteiger partial charge in [0.15, 0.2) is 0 Å². The molecule has 29 heavy (non-hydrogen) atoms. The van der Waals surface area contributed by atoms with E-state index in [4.69, 9.17) is 0 Å². The zero-order chi connectivity index (χ0) is 20.6. The zero-order valence-corrected chi connectivity index (χ0v) is 15.6. The number of carbonyl (C=O) groups is 1. The van der Waals surface area contributed by atoms with Crippen molar-refractivity contribution in [2.45, 2.75) is 18.8 Å². The molecule has 0 spiro atoms. The standard InChI is InChI=1S/C21H18F3N3O2/c1-26-11-16(10-25-26)19-13-27(12-15-4-2-3-5-18(15)19)20(28)14-6-8-17(9-7-14)29-21(22,23)24/h2-11,19H,12-13H2,1H3. The Kier molecular flexibility index (Phi) is 4.77. The maximum absolute atomic E-state index is 13.0. The Morgan fingerprint density at radius 2 is 1.86 bits per heavy atom. The number of benzene rings is 2. The summed E-state index contributed by atoms with van der Waals surface area (Å²) in [6.45, 7) is 0.898. The van der Waals surface area contributed by atoms with E-state index in [9.17, 15) is 18.0 Å². The van der Waals surface area contributed by atoms with Crippen molar-refractivity contribution < 1.29 is 22.7 Å². The quantitative estimate of drug-likeness (QED) is 0.664. The van der Waals surface area contributed by atoms with Crippen molar-refractivity contribution in [3.63, 3.8) is 0 Å². The fourth-order valence-electron chi connectivity index (χ4n) is 3.65. The molecule has 1 amide bonds.